The van der Waals surface area contributed by atoms with Gasteiger partial charge < -0.3 is 18.9 Å². The lowest BCUT2D eigenvalue weighted by molar-refractivity contribution is -0.179. The zero-order valence-electron chi connectivity index (χ0n) is 17.3. The Morgan fingerprint density at radius 3 is 1.86 bits per heavy atom. The number of rotatable bonds is 10. The molecule has 0 spiro atoms. The van der Waals surface area contributed by atoms with Crippen molar-refractivity contribution >= 4 is 11.9 Å². The monoisotopic (exact) mass is 400 g/mol. The van der Waals surface area contributed by atoms with Crippen molar-refractivity contribution in [3.05, 3.63) is 60.2 Å². The minimum absolute atomic E-state index is 0.0402. The second-order valence-corrected chi connectivity index (χ2v) is 6.65. The first-order valence-electron chi connectivity index (χ1n) is 9.76. The molecule has 0 aliphatic heterocycles. The lowest BCUT2D eigenvalue weighted by Gasteiger charge is -2.31. The summed E-state index contributed by atoms with van der Waals surface area (Å²) in [7, 11) is 0. The number of ether oxygens (including phenoxy) is 4. The molecule has 0 saturated heterocycles. The fourth-order valence-electron chi connectivity index (χ4n) is 2.80. The summed E-state index contributed by atoms with van der Waals surface area (Å²) in [5.74, 6) is -0.921. The van der Waals surface area contributed by atoms with E-state index in [2.05, 4.69) is 0 Å². The third-order valence-corrected chi connectivity index (χ3v) is 4.00. The van der Waals surface area contributed by atoms with Gasteiger partial charge in [-0.1, -0.05) is 42.5 Å². The maximum atomic E-state index is 13.0. The van der Waals surface area contributed by atoms with Gasteiger partial charge in [-0.25, -0.2) is 9.59 Å². The predicted octanol–water partition coefficient (Wildman–Crippen LogP) is 3.96. The summed E-state index contributed by atoms with van der Waals surface area (Å²) in [6.07, 6.45) is -0.157. The van der Waals surface area contributed by atoms with Crippen molar-refractivity contribution in [1.82, 2.24) is 0 Å². The molecule has 2 aromatic rings. The summed E-state index contributed by atoms with van der Waals surface area (Å²) in [5, 5.41) is 0. The van der Waals surface area contributed by atoms with Crippen molar-refractivity contribution in [3.63, 3.8) is 0 Å². The molecule has 0 amide bonds. The quantitative estimate of drug-likeness (QED) is 0.444. The highest BCUT2D eigenvalue weighted by molar-refractivity contribution is 6.04. The third-order valence-electron chi connectivity index (χ3n) is 4.00. The first-order chi connectivity index (χ1) is 13.9. The van der Waals surface area contributed by atoms with Crippen LogP contribution in [0, 0.1) is 0 Å². The molecule has 29 heavy (non-hydrogen) atoms. The summed E-state index contributed by atoms with van der Waals surface area (Å²) >= 11 is 0. The fraction of sp³-hybridized carbons (Fsp3) is 0.391. The van der Waals surface area contributed by atoms with Crippen molar-refractivity contribution in [2.24, 2.45) is 0 Å². The van der Waals surface area contributed by atoms with E-state index >= 15 is 0 Å². The molecule has 6 nitrogen and oxygen atoms in total. The van der Waals surface area contributed by atoms with Crippen molar-refractivity contribution in [2.45, 2.75) is 45.8 Å². The highest BCUT2D eigenvalue weighted by atomic mass is 16.6. The topological polar surface area (TPSA) is 71.1 Å². The lowest BCUT2D eigenvalue weighted by Crippen LogP contribution is -2.55. The first-order valence-corrected chi connectivity index (χ1v) is 9.76. The zero-order valence-corrected chi connectivity index (χ0v) is 17.3. The number of hydrogen-bond acceptors (Lipinski definition) is 6. The summed E-state index contributed by atoms with van der Waals surface area (Å²) in [4.78, 5) is 26.1. The number of para-hydroxylation sites is 2. The smallest absolute Gasteiger partial charge is 0.362 e. The molecular formula is C23H28O6. The maximum absolute atomic E-state index is 13.0. The molecule has 0 radical (unpaired) electrons. The van der Waals surface area contributed by atoms with E-state index in [4.69, 9.17) is 18.9 Å². The van der Waals surface area contributed by atoms with Crippen molar-refractivity contribution in [1.29, 1.82) is 0 Å². The van der Waals surface area contributed by atoms with E-state index in [1.165, 1.54) is 0 Å². The lowest BCUT2D eigenvalue weighted by atomic mass is 9.93. The zero-order chi connectivity index (χ0) is 21.3. The normalized spacial score (nSPS) is 11.1. The van der Waals surface area contributed by atoms with Gasteiger partial charge in [0.15, 0.2) is 11.5 Å². The Hall–Kier alpha value is -3.02. The molecular weight excluding hydrogens is 372 g/mol. The van der Waals surface area contributed by atoms with Gasteiger partial charge in [-0.15, -0.1) is 0 Å². The van der Waals surface area contributed by atoms with E-state index in [-0.39, 0.29) is 31.5 Å². The summed E-state index contributed by atoms with van der Waals surface area (Å²) in [6, 6.07) is 16.0. The standard InChI is InChI=1S/C23H28O6/c1-5-26-21(24)23(22(25)27-6-2,16-18-12-8-7-9-13-18)29-20-15-11-10-14-19(20)28-17(3)4/h7-15,17H,5-6,16H2,1-4H3. The van der Waals surface area contributed by atoms with Crippen LogP contribution in [0.1, 0.15) is 33.3 Å². The molecule has 2 aromatic carbocycles. The van der Waals surface area contributed by atoms with Crippen LogP contribution >= 0.6 is 0 Å². The largest absolute Gasteiger partial charge is 0.487 e. The van der Waals surface area contributed by atoms with Gasteiger partial charge in [0.25, 0.3) is 0 Å². The van der Waals surface area contributed by atoms with Crippen LogP contribution in [0.5, 0.6) is 11.5 Å². The minimum atomic E-state index is -2.00. The van der Waals surface area contributed by atoms with E-state index in [1.807, 2.05) is 44.2 Å². The Kier molecular flexibility index (Phi) is 8.07. The molecule has 156 valence electrons. The van der Waals surface area contributed by atoms with Gasteiger partial charge in [-0.2, -0.15) is 0 Å². The van der Waals surface area contributed by atoms with E-state index < -0.39 is 17.5 Å². The highest BCUT2D eigenvalue weighted by Gasteiger charge is 2.52. The molecule has 0 fully saturated rings. The minimum Gasteiger partial charge on any atom is -0.487 e. The molecule has 0 heterocycles. The van der Waals surface area contributed by atoms with Gasteiger partial charge in [0.2, 0.25) is 0 Å². The summed E-state index contributed by atoms with van der Waals surface area (Å²) < 4.78 is 22.4. The van der Waals surface area contributed by atoms with Crippen molar-refractivity contribution < 1.29 is 28.5 Å². The molecule has 0 unspecified atom stereocenters. The van der Waals surface area contributed by atoms with Crippen LogP contribution in [0.2, 0.25) is 0 Å². The number of carbonyl (C=O) groups excluding carboxylic acids is 2. The van der Waals surface area contributed by atoms with Gasteiger partial charge in [-0.3, -0.25) is 0 Å². The summed E-state index contributed by atoms with van der Waals surface area (Å²) in [5.41, 5.74) is -1.26. The average Bonchev–Trinajstić information content (AvgIpc) is 2.69. The molecule has 0 bridgehead atoms. The first kappa shape index (κ1) is 22.3. The molecule has 0 aromatic heterocycles. The highest BCUT2D eigenvalue weighted by Crippen LogP contribution is 2.33. The Labute approximate surface area is 171 Å². The number of hydrogen-bond donors (Lipinski definition) is 0. The van der Waals surface area contributed by atoms with Crippen molar-refractivity contribution in [3.8, 4) is 11.5 Å². The van der Waals surface area contributed by atoms with Crippen LogP contribution in [0.15, 0.2) is 54.6 Å². The molecule has 6 heteroatoms. The SMILES string of the molecule is CCOC(=O)C(Cc1ccccc1)(Oc1ccccc1OC(C)C)C(=O)OCC. The number of carbonyl (C=O) groups is 2. The molecule has 0 aliphatic rings. The van der Waals surface area contributed by atoms with E-state index in [0.717, 1.165) is 5.56 Å². The van der Waals surface area contributed by atoms with E-state index in [0.29, 0.717) is 5.75 Å². The van der Waals surface area contributed by atoms with Gasteiger partial charge in [0.05, 0.1) is 19.3 Å². The predicted molar refractivity (Wildman–Crippen MR) is 109 cm³/mol. The summed E-state index contributed by atoms with van der Waals surface area (Å²) in [6.45, 7) is 7.30. The molecule has 0 atom stereocenters. The van der Waals surface area contributed by atoms with Crippen molar-refractivity contribution in [2.75, 3.05) is 13.2 Å². The van der Waals surface area contributed by atoms with Gasteiger partial charge in [0, 0.05) is 6.42 Å². The van der Waals surface area contributed by atoms with Crippen LogP contribution in [0.3, 0.4) is 0 Å². The second kappa shape index (κ2) is 10.5. The Morgan fingerprint density at radius 1 is 0.828 bits per heavy atom. The Bertz CT molecular complexity index is 782. The van der Waals surface area contributed by atoms with Crippen LogP contribution < -0.4 is 9.47 Å². The molecule has 0 saturated carbocycles. The van der Waals surface area contributed by atoms with E-state index in [9.17, 15) is 9.59 Å². The number of benzene rings is 2. The average molecular weight is 400 g/mol. The Morgan fingerprint density at radius 2 is 1.34 bits per heavy atom. The van der Waals surface area contributed by atoms with Gasteiger partial charge in [-0.05, 0) is 45.4 Å². The van der Waals surface area contributed by atoms with Crippen LogP contribution in [0.4, 0.5) is 0 Å². The second-order valence-electron chi connectivity index (χ2n) is 6.65. The third kappa shape index (κ3) is 5.73. The number of esters is 2. The maximum Gasteiger partial charge on any atom is 0.362 e. The Balaban J connectivity index is 2.55. The van der Waals surface area contributed by atoms with Gasteiger partial charge >= 0.3 is 17.5 Å². The fourth-order valence-corrected chi connectivity index (χ4v) is 2.80. The van der Waals surface area contributed by atoms with Crippen LogP contribution in [-0.2, 0) is 25.5 Å². The molecule has 0 N–H and O–H groups in total. The van der Waals surface area contributed by atoms with Gasteiger partial charge in [0.1, 0.15) is 0 Å². The van der Waals surface area contributed by atoms with E-state index in [1.54, 1.807) is 38.1 Å². The van der Waals surface area contributed by atoms with Crippen LogP contribution in [0.25, 0.3) is 0 Å². The molecule has 2 rings (SSSR count). The molecule has 0 aliphatic carbocycles. The van der Waals surface area contributed by atoms with Crippen LogP contribution in [-0.4, -0.2) is 36.9 Å².